The third-order valence-electron chi connectivity index (χ3n) is 5.84. The summed E-state index contributed by atoms with van der Waals surface area (Å²) in [6.45, 7) is 11.4. The number of benzene rings is 3. The Morgan fingerprint density at radius 2 is 1.81 bits per heavy atom. The Balaban J connectivity index is 1.60. The third kappa shape index (κ3) is 4.49. The summed E-state index contributed by atoms with van der Waals surface area (Å²) < 4.78 is 1.28. The Morgan fingerprint density at radius 3 is 2.57 bits per heavy atom. The van der Waals surface area contributed by atoms with Crippen molar-refractivity contribution in [3.8, 4) is 11.7 Å². The van der Waals surface area contributed by atoms with Gasteiger partial charge in [-0.25, -0.2) is 14.8 Å². The van der Waals surface area contributed by atoms with Crippen LogP contribution in [0.3, 0.4) is 0 Å². The fourth-order valence-corrected chi connectivity index (χ4v) is 3.76. The first-order valence-electron chi connectivity index (χ1n) is 11.2. The molecule has 2 aromatic heterocycles. The van der Waals surface area contributed by atoms with E-state index in [1.54, 1.807) is 42.7 Å². The quantitative estimate of drug-likeness (QED) is 0.220. The number of fused-ring (bicyclic) bond motifs is 1. The molecule has 0 spiro atoms. The van der Waals surface area contributed by atoms with Gasteiger partial charge in [0.15, 0.2) is 11.6 Å². The van der Waals surface area contributed by atoms with E-state index in [2.05, 4.69) is 35.5 Å². The molecular weight excluding hydrogens is 468 g/mol. The number of aromatic hydroxyl groups is 1. The molecule has 0 aliphatic heterocycles. The number of nitrogens with one attached hydrogen (secondary N) is 1. The Morgan fingerprint density at radius 1 is 1.03 bits per heavy atom. The van der Waals surface area contributed by atoms with Crippen LogP contribution in [0.5, 0.6) is 5.75 Å². The van der Waals surface area contributed by atoms with E-state index in [4.69, 9.17) is 6.57 Å². The van der Waals surface area contributed by atoms with Crippen molar-refractivity contribution in [1.29, 1.82) is 0 Å². The van der Waals surface area contributed by atoms with Gasteiger partial charge in [0.2, 0.25) is 0 Å². The maximum Gasteiger partial charge on any atom is 0.259 e. The molecule has 0 radical (unpaired) electrons. The fourth-order valence-electron chi connectivity index (χ4n) is 3.76. The van der Waals surface area contributed by atoms with Gasteiger partial charge in [-0.15, -0.1) is 10.2 Å². The number of aromatic nitrogens is 4. The Hall–Kier alpha value is -5.43. The van der Waals surface area contributed by atoms with E-state index in [-0.39, 0.29) is 34.5 Å². The zero-order valence-corrected chi connectivity index (χ0v) is 19.9. The van der Waals surface area contributed by atoms with Crippen LogP contribution in [0.4, 0.5) is 22.9 Å². The van der Waals surface area contributed by atoms with Gasteiger partial charge in [-0.05, 0) is 54.6 Å². The van der Waals surface area contributed by atoms with Crippen molar-refractivity contribution >= 4 is 39.6 Å². The number of carbonyl (C=O) groups excluding carboxylic acids is 1. The molecule has 0 bridgehead atoms. The molecule has 37 heavy (non-hydrogen) atoms. The average Bonchev–Trinajstić information content (AvgIpc) is 3.33. The van der Waals surface area contributed by atoms with Crippen LogP contribution in [0.15, 0.2) is 83.4 Å². The summed E-state index contributed by atoms with van der Waals surface area (Å²) in [4.78, 5) is 24.9. The highest BCUT2D eigenvalue weighted by atomic mass is 16.3. The standard InChI is InChI=1S/C27H20N8O2/c1-16-9-10-19(13-17(16)2)32-26(37)21-14-18-7-4-5-8-20(18)23(24(21)36)33-34-25-22(28-3)15-31-35(25)27-29-11-6-12-30-27/h4-15,36H,1-2H3,(H,32,37). The largest absolute Gasteiger partial charge is 0.505 e. The third-order valence-corrected chi connectivity index (χ3v) is 5.84. The highest BCUT2D eigenvalue weighted by Crippen LogP contribution is 2.40. The first-order valence-corrected chi connectivity index (χ1v) is 11.2. The molecule has 10 heteroatoms. The van der Waals surface area contributed by atoms with Crippen molar-refractivity contribution < 1.29 is 9.90 Å². The molecule has 10 nitrogen and oxygen atoms in total. The lowest BCUT2D eigenvalue weighted by Gasteiger charge is -2.12. The molecule has 0 aliphatic rings. The SMILES string of the molecule is [C-]#[N+]c1cnn(-c2ncccn2)c1N=Nc1c(O)c(C(=O)Nc2ccc(C)c(C)c2)cc2ccccc12. The Kier molecular flexibility index (Phi) is 6.10. The predicted molar refractivity (Wildman–Crippen MR) is 139 cm³/mol. The molecule has 0 atom stereocenters. The van der Waals surface area contributed by atoms with Crippen LogP contribution in [0.2, 0.25) is 0 Å². The van der Waals surface area contributed by atoms with E-state index in [9.17, 15) is 9.90 Å². The molecular formula is C27H20N8O2. The van der Waals surface area contributed by atoms with E-state index >= 15 is 0 Å². The second kappa shape index (κ2) is 9.67. The summed E-state index contributed by atoms with van der Waals surface area (Å²) in [7, 11) is 0. The van der Waals surface area contributed by atoms with Crippen molar-refractivity contribution in [3.63, 3.8) is 0 Å². The Labute approximate surface area is 211 Å². The first kappa shape index (κ1) is 23.3. The van der Waals surface area contributed by atoms with Crippen LogP contribution in [0, 0.1) is 20.4 Å². The molecule has 0 aliphatic carbocycles. The normalized spacial score (nSPS) is 11.1. The van der Waals surface area contributed by atoms with Gasteiger partial charge < -0.3 is 10.4 Å². The lowest BCUT2D eigenvalue weighted by molar-refractivity contribution is 0.102. The summed E-state index contributed by atoms with van der Waals surface area (Å²) in [5.41, 5.74) is 3.00. The molecule has 0 fully saturated rings. The number of azo groups is 1. The number of aryl methyl sites for hydroxylation is 2. The maximum atomic E-state index is 13.2. The van der Waals surface area contributed by atoms with Gasteiger partial charge in [-0.1, -0.05) is 30.3 Å². The predicted octanol–water partition coefficient (Wildman–Crippen LogP) is 6.36. The summed E-state index contributed by atoms with van der Waals surface area (Å²) >= 11 is 0. The van der Waals surface area contributed by atoms with Crippen LogP contribution >= 0.6 is 0 Å². The van der Waals surface area contributed by atoms with E-state index in [1.807, 2.05) is 38.1 Å². The molecule has 1 amide bonds. The average molecular weight is 489 g/mol. The number of nitrogens with zero attached hydrogens (tertiary/aromatic N) is 7. The number of amides is 1. The number of carbonyl (C=O) groups is 1. The number of rotatable bonds is 5. The summed E-state index contributed by atoms with van der Waals surface area (Å²) in [6, 6.07) is 16.0. The number of anilines is 1. The highest BCUT2D eigenvalue weighted by molar-refractivity contribution is 6.11. The second-order valence-corrected chi connectivity index (χ2v) is 8.22. The van der Waals surface area contributed by atoms with Crippen molar-refractivity contribution in [2.24, 2.45) is 10.2 Å². The zero-order valence-electron chi connectivity index (χ0n) is 19.9. The van der Waals surface area contributed by atoms with E-state index in [1.165, 1.54) is 10.9 Å². The van der Waals surface area contributed by atoms with Crippen molar-refractivity contribution in [1.82, 2.24) is 19.7 Å². The molecule has 5 aromatic rings. The van der Waals surface area contributed by atoms with E-state index in [0.29, 0.717) is 16.5 Å². The highest BCUT2D eigenvalue weighted by Gasteiger charge is 2.20. The van der Waals surface area contributed by atoms with Gasteiger partial charge in [0.05, 0.1) is 18.3 Å². The number of phenols is 1. The topological polar surface area (TPSA) is 122 Å². The molecule has 2 heterocycles. The van der Waals surface area contributed by atoms with Gasteiger partial charge in [0.1, 0.15) is 5.69 Å². The van der Waals surface area contributed by atoms with Crippen molar-refractivity contribution in [3.05, 3.63) is 101 Å². The fraction of sp³-hybridized carbons (Fsp3) is 0.0741. The number of phenolic OH excluding ortho intramolecular Hbond substituents is 1. The maximum absolute atomic E-state index is 13.2. The molecule has 2 N–H and O–H groups in total. The molecule has 5 rings (SSSR count). The van der Waals surface area contributed by atoms with Gasteiger partial charge in [0, 0.05) is 23.5 Å². The molecule has 3 aromatic carbocycles. The van der Waals surface area contributed by atoms with E-state index < -0.39 is 5.91 Å². The Bertz CT molecular complexity index is 1720. The lowest BCUT2D eigenvalue weighted by Crippen LogP contribution is -2.12. The summed E-state index contributed by atoms with van der Waals surface area (Å²) in [5, 5.41) is 27.9. The van der Waals surface area contributed by atoms with Gasteiger partial charge in [-0.3, -0.25) is 4.79 Å². The minimum absolute atomic E-state index is 0.0381. The minimum Gasteiger partial charge on any atom is -0.505 e. The molecule has 0 saturated carbocycles. The van der Waals surface area contributed by atoms with Crippen LogP contribution in [-0.2, 0) is 0 Å². The van der Waals surface area contributed by atoms with Gasteiger partial charge in [-0.2, -0.15) is 9.78 Å². The minimum atomic E-state index is -0.493. The zero-order chi connectivity index (χ0) is 25.9. The molecule has 0 unspecified atom stereocenters. The van der Waals surface area contributed by atoms with Gasteiger partial charge >= 0.3 is 0 Å². The smallest absolute Gasteiger partial charge is 0.259 e. The van der Waals surface area contributed by atoms with Crippen LogP contribution in [-0.4, -0.2) is 30.8 Å². The summed E-state index contributed by atoms with van der Waals surface area (Å²) in [5.74, 6) is -0.528. The monoisotopic (exact) mass is 488 g/mol. The lowest BCUT2D eigenvalue weighted by atomic mass is 10.0. The number of hydrogen-bond acceptors (Lipinski definition) is 7. The second-order valence-electron chi connectivity index (χ2n) is 8.22. The molecule has 0 saturated heterocycles. The number of hydrogen-bond donors (Lipinski definition) is 2. The van der Waals surface area contributed by atoms with Crippen molar-refractivity contribution in [2.45, 2.75) is 13.8 Å². The van der Waals surface area contributed by atoms with Crippen molar-refractivity contribution in [2.75, 3.05) is 5.32 Å². The summed E-state index contributed by atoms with van der Waals surface area (Å²) in [6.07, 6.45) is 4.42. The van der Waals surface area contributed by atoms with Crippen LogP contribution in [0.25, 0.3) is 21.6 Å². The first-order chi connectivity index (χ1) is 18.0. The molecule has 180 valence electrons. The van der Waals surface area contributed by atoms with Gasteiger partial charge in [0.25, 0.3) is 17.5 Å². The van der Waals surface area contributed by atoms with Crippen LogP contribution < -0.4 is 5.32 Å². The van der Waals surface area contributed by atoms with E-state index in [0.717, 1.165) is 11.1 Å². The van der Waals surface area contributed by atoms with Crippen LogP contribution in [0.1, 0.15) is 21.5 Å².